The number of H-pyrrole nitrogens is 2. The van der Waals surface area contributed by atoms with Crippen molar-refractivity contribution in [1.29, 1.82) is 0 Å². The molecule has 4 N–H and O–H groups in total. The van der Waals surface area contributed by atoms with Crippen molar-refractivity contribution in [2.24, 2.45) is 0 Å². The molecular weight excluding hydrogens is 997 g/mol. The first-order chi connectivity index (χ1) is 34.1. The van der Waals surface area contributed by atoms with Gasteiger partial charge in [-0.25, -0.2) is 18.4 Å². The van der Waals surface area contributed by atoms with Gasteiger partial charge in [0.2, 0.25) is 10.0 Å². The maximum absolute atomic E-state index is 13.0. The molecule has 2 heterocycles. The molecule has 6 aromatic carbocycles. The van der Waals surface area contributed by atoms with Gasteiger partial charge in [-0.15, -0.1) is 0 Å². The largest absolute Gasteiger partial charge is 0.487 e. The van der Waals surface area contributed by atoms with Gasteiger partial charge in [0.25, 0.3) is 0 Å². The van der Waals surface area contributed by atoms with E-state index in [0.29, 0.717) is 50.6 Å². The Bertz CT molecular complexity index is 3510. The molecule has 0 radical (unpaired) electrons. The van der Waals surface area contributed by atoms with Crippen molar-refractivity contribution in [2.45, 2.75) is 43.6 Å². The van der Waals surface area contributed by atoms with Gasteiger partial charge in [0.15, 0.2) is 24.9 Å². The zero-order chi connectivity index (χ0) is 53.0. The van der Waals surface area contributed by atoms with E-state index in [4.69, 9.17) is 0 Å². The summed E-state index contributed by atoms with van der Waals surface area (Å²) < 4.78 is 160. The molecule has 73 heavy (non-hydrogen) atoms. The van der Waals surface area contributed by atoms with Gasteiger partial charge in [0.05, 0.1) is 39.6 Å². The second-order valence-corrected chi connectivity index (χ2v) is 18.4. The number of alkyl halides is 10. The SMILES string of the molecule is CC(C)(O)c1ccccc1-c1ccc2nc(C#Cc3ccc(OCC(F)(F)C(F)(F)F)cc3)[nH]c2c1.CS(=O)(=O)Nc1ccccc1-c1ccc2nc(C#Cc3ccc(OCC(F)(F)C(F)(F)F)cc3)[nH]c2c1. The number of hydrogen-bond acceptors (Lipinski definition) is 7. The molecule has 0 unspecified atom stereocenters. The summed E-state index contributed by atoms with van der Waals surface area (Å²) in [5, 5.41) is 10.5. The molecule has 0 bridgehead atoms. The molecule has 10 nitrogen and oxygen atoms in total. The molecule has 0 aliphatic rings. The molecule has 0 saturated heterocycles. The molecule has 2 aromatic heterocycles. The van der Waals surface area contributed by atoms with E-state index < -0.39 is 53.0 Å². The predicted molar refractivity (Wildman–Crippen MR) is 255 cm³/mol. The topological polar surface area (TPSA) is 142 Å². The lowest BCUT2D eigenvalue weighted by Crippen LogP contribution is -2.41. The number of aromatic amines is 2. The molecular formula is C52H39F10N5O5S. The number of hydrogen-bond donors (Lipinski definition) is 4. The van der Waals surface area contributed by atoms with Crippen molar-refractivity contribution < 1.29 is 66.9 Å². The van der Waals surface area contributed by atoms with Crippen LogP contribution < -0.4 is 14.2 Å². The minimum absolute atomic E-state index is 0.132. The van der Waals surface area contributed by atoms with Gasteiger partial charge in [-0.05, 0) is 127 Å². The Kier molecular flexibility index (Phi) is 14.9. The minimum Gasteiger partial charge on any atom is -0.487 e. The molecule has 8 aromatic rings. The number of halogens is 10. The van der Waals surface area contributed by atoms with Crippen LogP contribution in [0.1, 0.15) is 42.2 Å². The maximum atomic E-state index is 13.0. The number of aromatic nitrogens is 4. The van der Waals surface area contributed by atoms with Crippen molar-refractivity contribution in [3.8, 4) is 57.4 Å². The van der Waals surface area contributed by atoms with Crippen LogP contribution in [0.2, 0.25) is 0 Å². The third-order valence-electron chi connectivity index (χ3n) is 10.4. The van der Waals surface area contributed by atoms with Crippen LogP contribution >= 0.6 is 0 Å². The van der Waals surface area contributed by atoms with E-state index in [0.717, 1.165) is 34.0 Å². The van der Waals surface area contributed by atoms with Gasteiger partial charge in [-0.2, -0.15) is 43.9 Å². The minimum atomic E-state index is -5.69. The fourth-order valence-electron chi connectivity index (χ4n) is 6.81. The van der Waals surface area contributed by atoms with E-state index in [1.807, 2.05) is 42.5 Å². The molecule has 0 amide bonds. The predicted octanol–water partition coefficient (Wildman–Crippen LogP) is 12.0. The zero-order valence-electron chi connectivity index (χ0n) is 38.3. The van der Waals surface area contributed by atoms with Crippen LogP contribution in [-0.4, -0.2) is 77.1 Å². The number of anilines is 1. The summed E-state index contributed by atoms with van der Waals surface area (Å²) in [7, 11) is -3.47. The highest BCUT2D eigenvalue weighted by Gasteiger charge is 2.59. The summed E-state index contributed by atoms with van der Waals surface area (Å²) in [4.78, 5) is 15.0. The van der Waals surface area contributed by atoms with Crippen LogP contribution in [0.5, 0.6) is 11.5 Å². The molecule has 0 spiro atoms. The van der Waals surface area contributed by atoms with E-state index in [1.165, 1.54) is 48.5 Å². The van der Waals surface area contributed by atoms with Crippen LogP contribution in [0.25, 0.3) is 44.3 Å². The molecule has 8 rings (SSSR count). The van der Waals surface area contributed by atoms with Crippen molar-refractivity contribution in [2.75, 3.05) is 24.2 Å². The number of nitrogens with zero attached hydrogens (tertiary/aromatic N) is 2. The van der Waals surface area contributed by atoms with Crippen LogP contribution in [0.15, 0.2) is 133 Å². The Balaban J connectivity index is 0.000000214. The summed E-state index contributed by atoms with van der Waals surface area (Å²) in [6.07, 6.45) is -10.3. The lowest BCUT2D eigenvalue weighted by Gasteiger charge is -2.21. The summed E-state index contributed by atoms with van der Waals surface area (Å²) in [5.74, 6) is 1.92. The van der Waals surface area contributed by atoms with Crippen LogP contribution in [0.4, 0.5) is 49.6 Å². The Hall–Kier alpha value is -8.01. The Labute approximate surface area is 410 Å². The van der Waals surface area contributed by atoms with Gasteiger partial charge in [-0.3, -0.25) is 4.72 Å². The first kappa shape index (κ1) is 52.8. The van der Waals surface area contributed by atoms with Gasteiger partial charge in [0.1, 0.15) is 11.5 Å². The number of aliphatic hydroxyl groups is 1. The standard InChI is InChI=1S/C27H21F5N2O2.C25H18F5N3O3S/c1-25(2,35)21-6-4-3-5-20(21)18-10-13-22-23(15-18)34-24(33-22)14-9-17-7-11-19(12-8-17)36-16-26(28,29)27(30,31)32;1-37(34,35)33-20-5-3-2-4-19(20)17-9-12-21-22(14-17)32-23(31-21)13-8-16-6-10-18(11-7-16)36-15-24(26,27)25(28,29)30/h3-8,10-13,15,35H,16H2,1-2H3,(H,33,34);2-7,9-12,14,33H,15H2,1H3,(H,31,32). The second-order valence-electron chi connectivity index (χ2n) is 16.7. The second kappa shape index (κ2) is 20.6. The van der Waals surface area contributed by atoms with Gasteiger partial charge < -0.3 is 24.5 Å². The van der Waals surface area contributed by atoms with Crippen LogP contribution in [0.3, 0.4) is 0 Å². The smallest absolute Gasteiger partial charge is 0.456 e. The highest BCUT2D eigenvalue weighted by Crippen LogP contribution is 2.38. The van der Waals surface area contributed by atoms with Gasteiger partial charge >= 0.3 is 24.2 Å². The van der Waals surface area contributed by atoms with Crippen molar-refractivity contribution in [3.63, 3.8) is 0 Å². The lowest BCUT2D eigenvalue weighted by atomic mass is 9.89. The third kappa shape index (κ3) is 13.5. The van der Waals surface area contributed by atoms with E-state index >= 15 is 0 Å². The average Bonchev–Trinajstić information content (AvgIpc) is 3.94. The van der Waals surface area contributed by atoms with Crippen molar-refractivity contribution in [3.05, 3.63) is 162 Å². The van der Waals surface area contributed by atoms with Crippen LogP contribution in [-0.2, 0) is 15.6 Å². The maximum Gasteiger partial charge on any atom is 0.456 e. The third-order valence-corrected chi connectivity index (χ3v) is 11.0. The fourth-order valence-corrected chi connectivity index (χ4v) is 7.39. The number of sulfonamides is 1. The monoisotopic (exact) mass is 1040 g/mol. The van der Waals surface area contributed by atoms with Gasteiger partial charge in [0, 0.05) is 16.7 Å². The number of para-hydroxylation sites is 1. The summed E-state index contributed by atoms with van der Waals surface area (Å²) in [6.45, 7) is -0.171. The van der Waals surface area contributed by atoms with E-state index in [9.17, 15) is 57.4 Å². The molecule has 0 aliphatic carbocycles. The molecule has 378 valence electrons. The lowest BCUT2D eigenvalue weighted by molar-refractivity contribution is -0.290. The first-order valence-corrected chi connectivity index (χ1v) is 23.3. The van der Waals surface area contributed by atoms with Crippen molar-refractivity contribution >= 4 is 37.8 Å². The Morgan fingerprint density at radius 1 is 0.562 bits per heavy atom. The highest BCUT2D eigenvalue weighted by molar-refractivity contribution is 7.92. The molecule has 0 aliphatic heterocycles. The number of nitrogens with one attached hydrogen (secondary N) is 3. The fraction of sp³-hybridized carbons (Fsp3) is 0.192. The zero-order valence-corrected chi connectivity index (χ0v) is 39.1. The number of fused-ring (bicyclic) bond motifs is 2. The number of benzene rings is 6. The molecule has 0 fully saturated rings. The summed E-state index contributed by atoms with van der Waals surface area (Å²) in [5.41, 5.74) is 7.08. The molecule has 0 atom stereocenters. The summed E-state index contributed by atoms with van der Waals surface area (Å²) in [6, 6.07) is 36.3. The Morgan fingerprint density at radius 2 is 0.973 bits per heavy atom. The summed E-state index contributed by atoms with van der Waals surface area (Å²) >= 11 is 0. The van der Waals surface area contributed by atoms with Crippen molar-refractivity contribution in [1.82, 2.24) is 19.9 Å². The average molecular weight is 1040 g/mol. The molecule has 21 heteroatoms. The first-order valence-electron chi connectivity index (χ1n) is 21.4. The number of imidazole rings is 2. The normalized spacial score (nSPS) is 12.2. The van der Waals surface area contributed by atoms with E-state index in [-0.39, 0.29) is 11.5 Å². The van der Waals surface area contributed by atoms with E-state index in [2.05, 4.69) is 57.8 Å². The quantitative estimate of drug-likeness (QED) is 0.0746. The van der Waals surface area contributed by atoms with E-state index in [1.54, 1.807) is 56.3 Å². The Morgan fingerprint density at radius 3 is 1.40 bits per heavy atom. The molecule has 0 saturated carbocycles. The number of ether oxygens (including phenoxy) is 2. The highest BCUT2D eigenvalue weighted by atomic mass is 32.2. The van der Waals surface area contributed by atoms with Gasteiger partial charge in [-0.1, -0.05) is 66.4 Å². The van der Waals surface area contributed by atoms with Crippen LogP contribution in [0, 0.1) is 23.7 Å². The number of rotatable bonds is 11.